The Morgan fingerprint density at radius 2 is 1.41 bits per heavy atom. The van der Waals surface area contributed by atoms with Crippen molar-refractivity contribution in [2.75, 3.05) is 6.54 Å². The molecule has 0 radical (unpaired) electrons. The minimum absolute atomic E-state index is 0.00376. The number of carbonyl (C=O) groups is 6. The number of aliphatic carboxylic acids is 2. The standard InChI is InChI=1S/C21H38N8O8/c1-3-10(2)16(20(36)37)29-19(35)12(5-4-8-26-21(24)25)28-18(34)13(6-7-14(23)30)27-17(33)11(22)9-15(31)32/h10-13,16H,3-9,22H2,1-2H3,(H2,23,30)(H,27,33)(H,28,34)(H,29,35)(H,31,32)(H,36,37)(H4,24,25,26). The van der Waals surface area contributed by atoms with Crippen molar-refractivity contribution in [3.63, 3.8) is 0 Å². The van der Waals surface area contributed by atoms with Crippen LogP contribution in [0.4, 0.5) is 0 Å². The molecule has 0 spiro atoms. The summed E-state index contributed by atoms with van der Waals surface area (Å²) in [6.45, 7) is 3.51. The third-order valence-electron chi connectivity index (χ3n) is 5.40. The second-order valence-electron chi connectivity index (χ2n) is 8.49. The first-order chi connectivity index (χ1) is 17.2. The van der Waals surface area contributed by atoms with Crippen molar-refractivity contribution in [3.05, 3.63) is 0 Å². The largest absolute Gasteiger partial charge is 0.481 e. The van der Waals surface area contributed by atoms with Crippen LogP contribution in [-0.4, -0.2) is 82.5 Å². The number of carboxylic acid groups (broad SMARTS) is 2. The van der Waals surface area contributed by atoms with Crippen LogP contribution >= 0.6 is 0 Å². The number of aliphatic imine (C=N–C) groups is 1. The number of amides is 4. The van der Waals surface area contributed by atoms with Gasteiger partial charge in [0.05, 0.1) is 12.5 Å². The zero-order valence-electron chi connectivity index (χ0n) is 20.9. The summed E-state index contributed by atoms with van der Waals surface area (Å²) in [7, 11) is 0. The van der Waals surface area contributed by atoms with Gasteiger partial charge in [-0.2, -0.15) is 0 Å². The van der Waals surface area contributed by atoms with Crippen LogP contribution in [0.1, 0.15) is 52.4 Å². The Morgan fingerprint density at radius 3 is 1.89 bits per heavy atom. The molecule has 0 aliphatic carbocycles. The van der Waals surface area contributed by atoms with E-state index in [9.17, 15) is 33.9 Å². The minimum Gasteiger partial charge on any atom is -0.481 e. The van der Waals surface area contributed by atoms with Crippen LogP contribution in [-0.2, 0) is 28.8 Å². The van der Waals surface area contributed by atoms with Crippen molar-refractivity contribution in [2.45, 2.75) is 76.5 Å². The van der Waals surface area contributed by atoms with E-state index < -0.39 is 72.1 Å². The van der Waals surface area contributed by atoms with Crippen LogP contribution in [0.3, 0.4) is 0 Å². The van der Waals surface area contributed by atoms with Crippen molar-refractivity contribution in [1.82, 2.24) is 16.0 Å². The summed E-state index contributed by atoms with van der Waals surface area (Å²) in [5, 5.41) is 25.4. The summed E-state index contributed by atoms with van der Waals surface area (Å²) in [6, 6.07) is -5.35. The van der Waals surface area contributed by atoms with E-state index in [2.05, 4.69) is 20.9 Å². The van der Waals surface area contributed by atoms with E-state index in [4.69, 9.17) is 28.0 Å². The number of primary amides is 1. The Morgan fingerprint density at radius 1 is 0.865 bits per heavy atom. The maximum Gasteiger partial charge on any atom is 0.326 e. The van der Waals surface area contributed by atoms with Crippen LogP contribution in [0.2, 0.25) is 0 Å². The summed E-state index contributed by atoms with van der Waals surface area (Å²) in [5.41, 5.74) is 21.2. The normalized spacial score (nSPS) is 14.7. The summed E-state index contributed by atoms with van der Waals surface area (Å²) < 4.78 is 0. The lowest BCUT2D eigenvalue weighted by Crippen LogP contribution is -2.58. The Kier molecular flexibility index (Phi) is 14.9. The van der Waals surface area contributed by atoms with Gasteiger partial charge in [-0.25, -0.2) is 4.79 Å². The van der Waals surface area contributed by atoms with Gasteiger partial charge >= 0.3 is 11.9 Å². The lowest BCUT2D eigenvalue weighted by atomic mass is 9.98. The molecular weight excluding hydrogens is 492 g/mol. The lowest BCUT2D eigenvalue weighted by Gasteiger charge is -2.26. The molecule has 37 heavy (non-hydrogen) atoms. The first kappa shape index (κ1) is 33.0. The van der Waals surface area contributed by atoms with Crippen LogP contribution in [0.25, 0.3) is 0 Å². The Bertz CT molecular complexity index is 861. The second kappa shape index (κ2) is 16.7. The number of hydrogen-bond acceptors (Lipinski definition) is 8. The van der Waals surface area contributed by atoms with E-state index in [1.54, 1.807) is 13.8 Å². The smallest absolute Gasteiger partial charge is 0.326 e. The molecule has 16 heteroatoms. The zero-order valence-corrected chi connectivity index (χ0v) is 20.9. The highest BCUT2D eigenvalue weighted by atomic mass is 16.4. The van der Waals surface area contributed by atoms with Crippen molar-refractivity contribution >= 4 is 41.5 Å². The molecule has 0 bridgehead atoms. The molecule has 0 saturated heterocycles. The number of guanidine groups is 1. The quantitative estimate of drug-likeness (QED) is 0.0480. The lowest BCUT2D eigenvalue weighted by molar-refractivity contribution is -0.144. The molecule has 5 atom stereocenters. The fraction of sp³-hybridized carbons (Fsp3) is 0.667. The summed E-state index contributed by atoms with van der Waals surface area (Å²) in [6.07, 6.45) is -0.618. The number of hydrogen-bond donors (Lipinski definition) is 9. The fourth-order valence-electron chi connectivity index (χ4n) is 3.10. The molecule has 0 aromatic heterocycles. The Balaban J connectivity index is 5.76. The number of nitrogens with one attached hydrogen (secondary N) is 3. The van der Waals surface area contributed by atoms with Crippen molar-refractivity contribution < 1.29 is 39.0 Å². The van der Waals surface area contributed by atoms with E-state index in [1.807, 2.05) is 0 Å². The summed E-state index contributed by atoms with van der Waals surface area (Å²) >= 11 is 0. The van der Waals surface area contributed by atoms with Gasteiger partial charge in [-0.05, 0) is 25.2 Å². The monoisotopic (exact) mass is 530 g/mol. The third kappa shape index (κ3) is 13.6. The molecule has 16 nitrogen and oxygen atoms in total. The molecule has 13 N–H and O–H groups in total. The van der Waals surface area contributed by atoms with Crippen molar-refractivity contribution in [1.29, 1.82) is 0 Å². The third-order valence-corrected chi connectivity index (χ3v) is 5.40. The van der Waals surface area contributed by atoms with Gasteiger partial charge in [-0.15, -0.1) is 0 Å². The molecule has 0 aliphatic heterocycles. The van der Waals surface area contributed by atoms with Crippen LogP contribution in [0.15, 0.2) is 4.99 Å². The zero-order chi connectivity index (χ0) is 28.7. The highest BCUT2D eigenvalue weighted by molar-refractivity contribution is 5.95. The first-order valence-electron chi connectivity index (χ1n) is 11.6. The Labute approximate surface area is 214 Å². The molecule has 4 amide bonds. The molecule has 5 unspecified atom stereocenters. The first-order valence-corrected chi connectivity index (χ1v) is 11.6. The van der Waals surface area contributed by atoms with E-state index in [0.717, 1.165) is 0 Å². The maximum atomic E-state index is 13.0. The van der Waals surface area contributed by atoms with E-state index in [0.29, 0.717) is 6.42 Å². The number of carbonyl (C=O) groups excluding carboxylic acids is 4. The summed E-state index contributed by atoms with van der Waals surface area (Å²) in [4.78, 5) is 75.8. The number of nitrogens with two attached hydrogens (primary N) is 4. The number of rotatable bonds is 18. The van der Waals surface area contributed by atoms with Gasteiger partial charge < -0.3 is 49.1 Å². The Hall–Kier alpha value is -3.95. The molecular formula is C21H38N8O8. The number of nitrogens with zero attached hydrogens (tertiary/aromatic N) is 1. The predicted octanol–water partition coefficient (Wildman–Crippen LogP) is -3.31. The molecule has 0 aromatic carbocycles. The van der Waals surface area contributed by atoms with E-state index >= 15 is 0 Å². The van der Waals surface area contributed by atoms with Gasteiger partial charge in [-0.1, -0.05) is 20.3 Å². The van der Waals surface area contributed by atoms with E-state index in [1.165, 1.54) is 0 Å². The molecule has 210 valence electrons. The molecule has 0 aromatic rings. The highest BCUT2D eigenvalue weighted by Gasteiger charge is 2.32. The van der Waals surface area contributed by atoms with Crippen LogP contribution < -0.4 is 38.9 Å². The maximum absolute atomic E-state index is 13.0. The SMILES string of the molecule is CCC(C)C(NC(=O)C(CCCN=C(N)N)NC(=O)C(CCC(N)=O)NC(=O)C(N)CC(=O)O)C(=O)O. The molecule has 0 fully saturated rings. The highest BCUT2D eigenvalue weighted by Crippen LogP contribution is 2.10. The predicted molar refractivity (Wildman–Crippen MR) is 131 cm³/mol. The topological polar surface area (TPSA) is 295 Å². The van der Waals surface area contributed by atoms with Gasteiger partial charge in [-0.3, -0.25) is 29.0 Å². The van der Waals surface area contributed by atoms with Gasteiger partial charge in [0.15, 0.2) is 5.96 Å². The average Bonchev–Trinajstić information content (AvgIpc) is 2.79. The summed E-state index contributed by atoms with van der Waals surface area (Å²) in [5.74, 6) is -6.63. The van der Waals surface area contributed by atoms with Crippen molar-refractivity contribution in [3.8, 4) is 0 Å². The molecule has 0 saturated carbocycles. The van der Waals surface area contributed by atoms with Gasteiger partial charge in [0.1, 0.15) is 18.1 Å². The van der Waals surface area contributed by atoms with Crippen LogP contribution in [0.5, 0.6) is 0 Å². The van der Waals surface area contributed by atoms with Gasteiger partial charge in [0, 0.05) is 13.0 Å². The molecule has 0 aliphatic rings. The minimum atomic E-state index is -1.48. The molecule has 0 rings (SSSR count). The second-order valence-corrected chi connectivity index (χ2v) is 8.49. The van der Waals surface area contributed by atoms with Gasteiger partial charge in [0.2, 0.25) is 23.6 Å². The van der Waals surface area contributed by atoms with E-state index in [-0.39, 0.29) is 38.2 Å². The average molecular weight is 531 g/mol. The number of carboxylic acids is 2. The van der Waals surface area contributed by atoms with Crippen molar-refractivity contribution in [2.24, 2.45) is 33.8 Å². The molecule has 0 heterocycles. The van der Waals surface area contributed by atoms with Crippen LogP contribution in [0, 0.1) is 5.92 Å². The fourth-order valence-corrected chi connectivity index (χ4v) is 3.10. The van der Waals surface area contributed by atoms with Gasteiger partial charge in [0.25, 0.3) is 0 Å².